The second-order valence-electron chi connectivity index (χ2n) is 4.79. The number of fused-ring (bicyclic) bond motifs is 1. The number of nitrogens with zero attached hydrogens (tertiary/aromatic N) is 1. The fourth-order valence-corrected chi connectivity index (χ4v) is 2.52. The Bertz CT molecular complexity index is 767. The van der Waals surface area contributed by atoms with Crippen molar-refractivity contribution in [2.45, 2.75) is 6.04 Å². The van der Waals surface area contributed by atoms with Crippen LogP contribution in [0.25, 0.3) is 0 Å². The van der Waals surface area contributed by atoms with E-state index in [1.165, 1.54) is 30.3 Å². The molecule has 2 amide bonds. The normalized spacial score (nSPS) is 14.9. The molecule has 0 bridgehead atoms. The van der Waals surface area contributed by atoms with Crippen LogP contribution in [0.2, 0.25) is 0 Å². The van der Waals surface area contributed by atoms with Crippen LogP contribution in [0.5, 0.6) is 0 Å². The largest absolute Gasteiger partial charge is 0.479 e. The third kappa shape index (κ3) is 1.96. The minimum atomic E-state index is -1.70. The number of imide groups is 1. The summed E-state index contributed by atoms with van der Waals surface area (Å²) in [6, 6.07) is 9.52. The summed E-state index contributed by atoms with van der Waals surface area (Å²) in [6.07, 6.45) is 0. The zero-order chi connectivity index (χ0) is 15.9. The van der Waals surface area contributed by atoms with Gasteiger partial charge in [0.2, 0.25) is 0 Å². The SMILES string of the molecule is O=C(O)C(c1ccccc1F)N1C(=O)c2ccccc2C1=O. The molecule has 0 aliphatic carbocycles. The van der Waals surface area contributed by atoms with Crippen LogP contribution in [0.4, 0.5) is 4.39 Å². The standard InChI is InChI=1S/C16H10FNO4/c17-12-8-4-3-7-11(12)13(16(21)22)18-14(19)9-5-1-2-6-10(9)15(18)20/h1-8,13H,(H,21,22). The van der Waals surface area contributed by atoms with Crippen LogP contribution >= 0.6 is 0 Å². The minimum Gasteiger partial charge on any atom is -0.479 e. The second kappa shape index (κ2) is 5.07. The molecular weight excluding hydrogens is 289 g/mol. The average molecular weight is 299 g/mol. The first kappa shape index (κ1) is 13.9. The molecule has 1 aliphatic rings. The van der Waals surface area contributed by atoms with Crippen molar-refractivity contribution in [2.24, 2.45) is 0 Å². The quantitative estimate of drug-likeness (QED) is 0.882. The first-order valence-electron chi connectivity index (χ1n) is 6.46. The van der Waals surface area contributed by atoms with E-state index in [2.05, 4.69) is 0 Å². The number of amides is 2. The molecule has 22 heavy (non-hydrogen) atoms. The molecule has 3 rings (SSSR count). The van der Waals surface area contributed by atoms with Crippen LogP contribution in [-0.2, 0) is 4.79 Å². The molecule has 1 unspecified atom stereocenters. The molecule has 0 radical (unpaired) electrons. The van der Waals surface area contributed by atoms with E-state index in [1.807, 2.05) is 0 Å². The summed E-state index contributed by atoms with van der Waals surface area (Å²) in [5.41, 5.74) is 0.00897. The number of benzene rings is 2. The fraction of sp³-hybridized carbons (Fsp3) is 0.0625. The van der Waals surface area contributed by atoms with Gasteiger partial charge in [0.1, 0.15) is 5.82 Å². The lowest BCUT2D eigenvalue weighted by Crippen LogP contribution is -2.38. The van der Waals surface area contributed by atoms with E-state index in [-0.39, 0.29) is 16.7 Å². The van der Waals surface area contributed by atoms with E-state index in [0.717, 1.165) is 6.07 Å². The van der Waals surface area contributed by atoms with Gasteiger partial charge in [-0.1, -0.05) is 30.3 Å². The maximum Gasteiger partial charge on any atom is 0.331 e. The molecule has 5 nitrogen and oxygen atoms in total. The van der Waals surface area contributed by atoms with Crippen molar-refractivity contribution in [3.05, 3.63) is 71.0 Å². The number of rotatable bonds is 3. The lowest BCUT2D eigenvalue weighted by Gasteiger charge is -2.23. The Morgan fingerprint density at radius 2 is 1.45 bits per heavy atom. The number of carboxylic acids is 1. The lowest BCUT2D eigenvalue weighted by molar-refractivity contribution is -0.141. The molecule has 110 valence electrons. The van der Waals surface area contributed by atoms with Gasteiger partial charge in [0, 0.05) is 5.56 Å². The number of hydrogen-bond donors (Lipinski definition) is 1. The first-order chi connectivity index (χ1) is 10.5. The Morgan fingerprint density at radius 3 is 1.95 bits per heavy atom. The molecular formula is C16H10FNO4. The Kier molecular flexibility index (Phi) is 3.21. The van der Waals surface area contributed by atoms with Gasteiger partial charge in [0.15, 0.2) is 6.04 Å². The molecule has 1 N–H and O–H groups in total. The van der Waals surface area contributed by atoms with Crippen molar-refractivity contribution < 1.29 is 23.9 Å². The van der Waals surface area contributed by atoms with Crippen molar-refractivity contribution in [2.75, 3.05) is 0 Å². The monoisotopic (exact) mass is 299 g/mol. The zero-order valence-corrected chi connectivity index (χ0v) is 11.2. The summed E-state index contributed by atoms with van der Waals surface area (Å²) in [5, 5.41) is 9.41. The Labute approximate surface area is 124 Å². The van der Waals surface area contributed by atoms with E-state index in [9.17, 15) is 23.9 Å². The molecule has 0 saturated carbocycles. The minimum absolute atomic E-state index is 0.120. The number of carbonyl (C=O) groups excluding carboxylic acids is 2. The van der Waals surface area contributed by atoms with E-state index < -0.39 is 29.6 Å². The Morgan fingerprint density at radius 1 is 0.955 bits per heavy atom. The van der Waals surface area contributed by atoms with Crippen LogP contribution in [-0.4, -0.2) is 27.8 Å². The van der Waals surface area contributed by atoms with E-state index in [0.29, 0.717) is 4.90 Å². The van der Waals surface area contributed by atoms with Gasteiger partial charge < -0.3 is 5.11 Å². The van der Waals surface area contributed by atoms with Gasteiger partial charge in [-0.25, -0.2) is 9.18 Å². The fourth-order valence-electron chi connectivity index (χ4n) is 2.52. The van der Waals surface area contributed by atoms with Gasteiger partial charge in [-0.05, 0) is 18.2 Å². The molecule has 6 heteroatoms. The van der Waals surface area contributed by atoms with Gasteiger partial charge in [0.05, 0.1) is 11.1 Å². The van der Waals surface area contributed by atoms with E-state index in [1.54, 1.807) is 12.1 Å². The zero-order valence-electron chi connectivity index (χ0n) is 11.2. The number of hydrogen-bond acceptors (Lipinski definition) is 3. The molecule has 2 aromatic rings. The molecule has 0 fully saturated rings. The Hall–Kier alpha value is -3.02. The summed E-state index contributed by atoms with van der Waals surface area (Å²) in [6.45, 7) is 0. The molecule has 0 saturated heterocycles. The van der Waals surface area contributed by atoms with Crippen molar-refractivity contribution >= 4 is 17.8 Å². The number of halogens is 1. The molecule has 2 aromatic carbocycles. The summed E-state index contributed by atoms with van der Waals surface area (Å²) < 4.78 is 13.9. The summed E-state index contributed by atoms with van der Waals surface area (Å²) >= 11 is 0. The van der Waals surface area contributed by atoms with Crippen LogP contribution in [0.3, 0.4) is 0 Å². The highest BCUT2D eigenvalue weighted by Gasteiger charge is 2.44. The van der Waals surface area contributed by atoms with Gasteiger partial charge in [-0.2, -0.15) is 0 Å². The van der Waals surface area contributed by atoms with E-state index >= 15 is 0 Å². The topological polar surface area (TPSA) is 74.7 Å². The predicted octanol–water partition coefficient (Wildman–Crippen LogP) is 2.25. The van der Waals surface area contributed by atoms with Gasteiger partial charge in [-0.3, -0.25) is 14.5 Å². The van der Waals surface area contributed by atoms with Crippen LogP contribution in [0.1, 0.15) is 32.3 Å². The summed E-state index contributed by atoms with van der Waals surface area (Å²) in [4.78, 5) is 36.9. The highest BCUT2D eigenvalue weighted by molar-refractivity contribution is 6.22. The van der Waals surface area contributed by atoms with E-state index in [4.69, 9.17) is 0 Å². The highest BCUT2D eigenvalue weighted by atomic mass is 19.1. The maximum absolute atomic E-state index is 13.9. The first-order valence-corrected chi connectivity index (χ1v) is 6.46. The summed E-state index contributed by atoms with van der Waals surface area (Å²) in [7, 11) is 0. The predicted molar refractivity (Wildman–Crippen MR) is 73.7 cm³/mol. The molecule has 1 aliphatic heterocycles. The Balaban J connectivity index is 2.13. The van der Waals surface area contributed by atoms with Crippen LogP contribution in [0, 0.1) is 5.82 Å². The van der Waals surface area contributed by atoms with Crippen LogP contribution < -0.4 is 0 Å². The number of carbonyl (C=O) groups is 3. The molecule has 1 atom stereocenters. The number of aliphatic carboxylic acids is 1. The highest BCUT2D eigenvalue weighted by Crippen LogP contribution is 2.32. The molecule has 1 heterocycles. The third-order valence-corrected chi connectivity index (χ3v) is 3.52. The summed E-state index contributed by atoms with van der Waals surface area (Å²) in [5.74, 6) is -3.74. The average Bonchev–Trinajstić information content (AvgIpc) is 2.75. The maximum atomic E-state index is 13.9. The van der Waals surface area contributed by atoms with Crippen molar-refractivity contribution in [3.8, 4) is 0 Å². The number of carboxylic acid groups (broad SMARTS) is 1. The van der Waals surface area contributed by atoms with Crippen LogP contribution in [0.15, 0.2) is 48.5 Å². The second-order valence-corrected chi connectivity index (χ2v) is 4.79. The van der Waals surface area contributed by atoms with Crippen molar-refractivity contribution in [1.82, 2.24) is 4.90 Å². The van der Waals surface area contributed by atoms with Gasteiger partial charge >= 0.3 is 5.97 Å². The molecule has 0 spiro atoms. The lowest BCUT2D eigenvalue weighted by atomic mass is 10.0. The van der Waals surface area contributed by atoms with Gasteiger partial charge in [-0.15, -0.1) is 0 Å². The van der Waals surface area contributed by atoms with Gasteiger partial charge in [0.25, 0.3) is 11.8 Å². The molecule has 0 aromatic heterocycles. The van der Waals surface area contributed by atoms with Crippen molar-refractivity contribution in [1.29, 1.82) is 0 Å². The third-order valence-electron chi connectivity index (χ3n) is 3.52. The van der Waals surface area contributed by atoms with Crippen molar-refractivity contribution in [3.63, 3.8) is 0 Å². The smallest absolute Gasteiger partial charge is 0.331 e.